The molecule has 0 amide bonds. The number of pyridine rings is 1. The van der Waals surface area contributed by atoms with Crippen molar-refractivity contribution in [2.45, 2.75) is 52.4 Å². The number of aromatic nitrogens is 1. The van der Waals surface area contributed by atoms with Gasteiger partial charge in [-0.15, -0.1) is 0 Å². The SMILES string of the molecule is COC(=O)C1CC=CC2=CC[C@H]3[C@@H]4CC[C@H](C(=S)c5ccccn5)[C@@]4(C)CC[C@@H]3[C@]21C. The first-order valence-corrected chi connectivity index (χ1v) is 12.2. The highest BCUT2D eigenvalue weighted by Gasteiger charge is 2.61. The van der Waals surface area contributed by atoms with Gasteiger partial charge in [0.1, 0.15) is 0 Å². The summed E-state index contributed by atoms with van der Waals surface area (Å²) in [7, 11) is 1.53. The van der Waals surface area contributed by atoms with Gasteiger partial charge in [-0.05, 0) is 79.4 Å². The van der Waals surface area contributed by atoms with Gasteiger partial charge in [-0.1, -0.05) is 50.4 Å². The van der Waals surface area contributed by atoms with E-state index in [-0.39, 0.29) is 22.7 Å². The molecule has 1 unspecified atom stereocenters. The number of carbonyl (C=O) groups is 1. The van der Waals surface area contributed by atoms with Crippen LogP contribution in [0.25, 0.3) is 0 Å². The van der Waals surface area contributed by atoms with E-state index in [2.05, 4.69) is 43.1 Å². The maximum atomic E-state index is 12.8. The topological polar surface area (TPSA) is 39.2 Å². The second-order valence-electron chi connectivity index (χ2n) is 10.5. The average Bonchev–Trinajstić information content (AvgIpc) is 3.15. The standard InChI is InChI=1S/C27H33NO2S/c1-26-15-14-20-18(11-10-17-7-6-8-22(25(29)30-3)27(17,20)2)19(26)12-13-21(26)24(31)23-9-4-5-16-28-23/h4-7,9-10,16,18-22H,8,11-15H2,1-3H3/t18-,19-,20-,21+,22?,26-,27-/m0/s1. The fraction of sp³-hybridized carbons (Fsp3) is 0.593. The lowest BCUT2D eigenvalue weighted by atomic mass is 9.46. The fourth-order valence-corrected chi connectivity index (χ4v) is 8.45. The molecule has 0 saturated heterocycles. The highest BCUT2D eigenvalue weighted by atomic mass is 32.1. The summed E-state index contributed by atoms with van der Waals surface area (Å²) >= 11 is 6.01. The molecule has 2 fully saturated rings. The van der Waals surface area contributed by atoms with E-state index in [0.717, 1.165) is 36.2 Å². The van der Waals surface area contributed by atoms with Gasteiger partial charge in [-0.3, -0.25) is 9.78 Å². The first-order chi connectivity index (χ1) is 14.9. The number of nitrogens with zero attached hydrogens (tertiary/aromatic N) is 1. The van der Waals surface area contributed by atoms with Crippen LogP contribution in [0.3, 0.4) is 0 Å². The minimum atomic E-state index is -0.119. The number of allylic oxidation sites excluding steroid dienone is 4. The third-order valence-corrected chi connectivity index (χ3v) is 10.0. The molecule has 0 spiro atoms. The van der Waals surface area contributed by atoms with Crippen LogP contribution in [0.1, 0.15) is 58.1 Å². The highest BCUT2D eigenvalue weighted by Crippen LogP contribution is 2.67. The second kappa shape index (κ2) is 7.65. The zero-order chi connectivity index (χ0) is 21.8. The van der Waals surface area contributed by atoms with Crippen LogP contribution in [0.15, 0.2) is 48.2 Å². The monoisotopic (exact) mass is 435 g/mol. The molecule has 1 aromatic heterocycles. The number of rotatable bonds is 3. The molecule has 0 aliphatic heterocycles. The summed E-state index contributed by atoms with van der Waals surface area (Å²) in [6, 6.07) is 6.06. The fourth-order valence-electron chi connectivity index (χ4n) is 7.94. The Morgan fingerprint density at radius 2 is 1.97 bits per heavy atom. The van der Waals surface area contributed by atoms with Crippen molar-refractivity contribution in [3.63, 3.8) is 0 Å². The lowest BCUT2D eigenvalue weighted by Crippen LogP contribution is -2.53. The highest BCUT2D eigenvalue weighted by molar-refractivity contribution is 7.80. The van der Waals surface area contributed by atoms with Gasteiger partial charge < -0.3 is 4.74 Å². The lowest BCUT2D eigenvalue weighted by Gasteiger charge is -2.58. The Hall–Kier alpha value is -1.81. The third kappa shape index (κ3) is 3.01. The molecular weight excluding hydrogens is 402 g/mol. The van der Waals surface area contributed by atoms with E-state index in [1.54, 1.807) is 0 Å². The van der Waals surface area contributed by atoms with Gasteiger partial charge in [0.05, 0.1) is 18.7 Å². The average molecular weight is 436 g/mol. The number of hydrogen-bond acceptors (Lipinski definition) is 4. The Bertz CT molecular complexity index is 953. The molecule has 2 saturated carbocycles. The van der Waals surface area contributed by atoms with Crippen molar-refractivity contribution >= 4 is 23.1 Å². The van der Waals surface area contributed by atoms with E-state index in [0.29, 0.717) is 23.7 Å². The van der Waals surface area contributed by atoms with Gasteiger partial charge in [0, 0.05) is 22.4 Å². The lowest BCUT2D eigenvalue weighted by molar-refractivity contribution is -0.153. The molecule has 4 heteroatoms. The van der Waals surface area contributed by atoms with E-state index in [1.807, 2.05) is 18.3 Å². The first kappa shape index (κ1) is 21.1. The number of fused-ring (bicyclic) bond motifs is 5. The molecule has 1 heterocycles. The smallest absolute Gasteiger partial charge is 0.309 e. The summed E-state index contributed by atoms with van der Waals surface area (Å²) in [6.45, 7) is 4.83. The van der Waals surface area contributed by atoms with Crippen LogP contribution < -0.4 is 0 Å². The van der Waals surface area contributed by atoms with Gasteiger partial charge in [0.2, 0.25) is 0 Å². The molecule has 4 aliphatic rings. The van der Waals surface area contributed by atoms with E-state index < -0.39 is 0 Å². The van der Waals surface area contributed by atoms with Gasteiger partial charge in [-0.2, -0.15) is 0 Å². The zero-order valence-electron chi connectivity index (χ0n) is 18.8. The minimum Gasteiger partial charge on any atom is -0.469 e. The molecular formula is C27H33NO2S. The van der Waals surface area contributed by atoms with Gasteiger partial charge >= 0.3 is 5.97 Å². The van der Waals surface area contributed by atoms with Crippen LogP contribution in [0.2, 0.25) is 0 Å². The summed E-state index contributed by atoms with van der Waals surface area (Å²) < 4.78 is 5.26. The van der Waals surface area contributed by atoms with Crippen LogP contribution in [0.4, 0.5) is 0 Å². The number of methoxy groups -OCH3 is 1. The number of carbonyl (C=O) groups excluding carboxylic acids is 1. The summed E-state index contributed by atoms with van der Waals surface area (Å²) in [5, 5.41) is 0. The quantitative estimate of drug-likeness (QED) is 0.334. The Balaban J connectivity index is 1.47. The summed E-state index contributed by atoms with van der Waals surface area (Å²) in [5.74, 6) is 2.09. The van der Waals surface area contributed by atoms with E-state index in [9.17, 15) is 4.79 Å². The minimum absolute atomic E-state index is 0.0487. The molecule has 0 aromatic carbocycles. The molecule has 3 nitrogen and oxygen atoms in total. The molecule has 0 radical (unpaired) electrons. The van der Waals surface area contributed by atoms with Gasteiger partial charge in [-0.25, -0.2) is 0 Å². The van der Waals surface area contributed by atoms with Crippen molar-refractivity contribution in [2.24, 2.45) is 40.4 Å². The van der Waals surface area contributed by atoms with Crippen molar-refractivity contribution in [1.82, 2.24) is 4.98 Å². The first-order valence-electron chi connectivity index (χ1n) is 11.8. The van der Waals surface area contributed by atoms with Crippen molar-refractivity contribution < 1.29 is 9.53 Å². The Morgan fingerprint density at radius 3 is 2.71 bits per heavy atom. The molecule has 164 valence electrons. The van der Waals surface area contributed by atoms with Crippen LogP contribution in [-0.4, -0.2) is 22.9 Å². The van der Waals surface area contributed by atoms with E-state index in [1.165, 1.54) is 25.5 Å². The zero-order valence-corrected chi connectivity index (χ0v) is 19.7. The Kier molecular flexibility index (Phi) is 5.20. The molecule has 4 aliphatic carbocycles. The Morgan fingerprint density at radius 1 is 1.13 bits per heavy atom. The number of esters is 1. The van der Waals surface area contributed by atoms with Crippen LogP contribution in [0, 0.1) is 40.4 Å². The molecule has 7 atom stereocenters. The van der Waals surface area contributed by atoms with Crippen molar-refractivity contribution in [3.8, 4) is 0 Å². The maximum Gasteiger partial charge on any atom is 0.309 e. The van der Waals surface area contributed by atoms with E-state index in [4.69, 9.17) is 17.0 Å². The van der Waals surface area contributed by atoms with E-state index >= 15 is 0 Å². The van der Waals surface area contributed by atoms with Crippen LogP contribution in [0.5, 0.6) is 0 Å². The molecule has 5 rings (SSSR count). The molecule has 1 aromatic rings. The maximum absolute atomic E-state index is 12.8. The van der Waals surface area contributed by atoms with Gasteiger partial charge in [0.15, 0.2) is 0 Å². The van der Waals surface area contributed by atoms with Crippen molar-refractivity contribution in [1.29, 1.82) is 0 Å². The molecule has 31 heavy (non-hydrogen) atoms. The number of ether oxygens (including phenoxy) is 1. The molecule has 0 bridgehead atoms. The summed E-state index contributed by atoms with van der Waals surface area (Å²) in [4.78, 5) is 18.4. The molecule has 0 N–H and O–H groups in total. The third-order valence-electron chi connectivity index (χ3n) is 9.55. The van der Waals surface area contributed by atoms with Crippen molar-refractivity contribution in [2.75, 3.05) is 7.11 Å². The number of thiocarbonyl (C=S) groups is 1. The second-order valence-corrected chi connectivity index (χ2v) is 11.0. The van der Waals surface area contributed by atoms with Crippen molar-refractivity contribution in [3.05, 3.63) is 53.9 Å². The van der Waals surface area contributed by atoms with Crippen LogP contribution in [-0.2, 0) is 9.53 Å². The number of hydrogen-bond donors (Lipinski definition) is 0. The normalized spacial score (nSPS) is 40.9. The summed E-state index contributed by atoms with van der Waals surface area (Å²) in [5.41, 5.74) is 2.44. The predicted molar refractivity (Wildman–Crippen MR) is 127 cm³/mol. The Labute approximate surface area is 191 Å². The van der Waals surface area contributed by atoms with Gasteiger partial charge in [0.25, 0.3) is 0 Å². The summed E-state index contributed by atoms with van der Waals surface area (Å²) in [6.07, 6.45) is 15.4. The van der Waals surface area contributed by atoms with Crippen LogP contribution >= 0.6 is 12.2 Å². The largest absolute Gasteiger partial charge is 0.469 e. The predicted octanol–water partition coefficient (Wildman–Crippen LogP) is 5.94.